The fourth-order valence-corrected chi connectivity index (χ4v) is 2.63. The van der Waals surface area contributed by atoms with Crippen LogP contribution in [0, 0.1) is 0 Å². The van der Waals surface area contributed by atoms with E-state index in [0.29, 0.717) is 0 Å². The molecule has 4 atom stereocenters. The van der Waals surface area contributed by atoms with Gasteiger partial charge in [-0.15, -0.1) is 0 Å². The fourth-order valence-electron chi connectivity index (χ4n) is 1.52. The van der Waals surface area contributed by atoms with E-state index >= 15 is 0 Å². The number of hydrogen-bond donors (Lipinski definition) is 6. The summed E-state index contributed by atoms with van der Waals surface area (Å²) in [7, 11) is -9.20. The second-order valence-electron chi connectivity index (χ2n) is 3.83. The lowest BCUT2D eigenvalue weighted by Crippen LogP contribution is -2.35. The van der Waals surface area contributed by atoms with Gasteiger partial charge in [0.25, 0.3) is 0 Å². The van der Waals surface area contributed by atoms with Crippen LogP contribution in [0.25, 0.3) is 0 Å². The SMILES string of the molecule is O=P(O)(O)CC1O[C@H](COP(=O)(O)O)[C@@H](O)[C@H]1O. The average molecular weight is 308 g/mol. The van der Waals surface area contributed by atoms with Crippen LogP contribution in [0.2, 0.25) is 0 Å². The predicted octanol–water partition coefficient (Wildman–Crippen LogP) is -2.24. The van der Waals surface area contributed by atoms with Crippen LogP contribution in [0.5, 0.6) is 0 Å². The van der Waals surface area contributed by atoms with Gasteiger partial charge in [-0.25, -0.2) is 4.57 Å². The van der Waals surface area contributed by atoms with Crippen molar-refractivity contribution < 1.29 is 48.2 Å². The molecule has 1 heterocycles. The van der Waals surface area contributed by atoms with Gasteiger partial charge in [-0.1, -0.05) is 0 Å². The van der Waals surface area contributed by atoms with Crippen LogP contribution in [-0.2, 0) is 18.4 Å². The summed E-state index contributed by atoms with van der Waals surface area (Å²) in [6.45, 7) is -0.708. The van der Waals surface area contributed by atoms with E-state index in [9.17, 15) is 19.3 Å². The van der Waals surface area contributed by atoms with Crippen LogP contribution < -0.4 is 0 Å². The second-order valence-corrected chi connectivity index (χ2v) is 6.76. The number of ether oxygens (including phenoxy) is 1. The highest BCUT2D eigenvalue weighted by Gasteiger charge is 2.45. The zero-order valence-corrected chi connectivity index (χ0v) is 10.7. The molecule has 0 amide bonds. The monoisotopic (exact) mass is 308 g/mol. The van der Waals surface area contributed by atoms with Crippen LogP contribution in [0.4, 0.5) is 0 Å². The number of aliphatic hydroxyl groups excluding tert-OH is 2. The number of rotatable bonds is 5. The van der Waals surface area contributed by atoms with Crippen molar-refractivity contribution >= 4 is 15.4 Å². The molecule has 12 heteroatoms. The number of phosphoric ester groups is 1. The van der Waals surface area contributed by atoms with Gasteiger partial charge in [-0.05, 0) is 0 Å². The van der Waals surface area contributed by atoms with Crippen molar-refractivity contribution in [2.24, 2.45) is 0 Å². The van der Waals surface area contributed by atoms with Crippen LogP contribution in [0.15, 0.2) is 0 Å². The summed E-state index contributed by atoms with van der Waals surface area (Å²) in [6.07, 6.45) is -6.52. The number of phosphoric acid groups is 1. The maximum absolute atomic E-state index is 10.7. The van der Waals surface area contributed by atoms with Crippen molar-refractivity contribution in [3.05, 3.63) is 0 Å². The van der Waals surface area contributed by atoms with Gasteiger partial charge >= 0.3 is 15.4 Å². The van der Waals surface area contributed by atoms with Gasteiger partial charge in [0.1, 0.15) is 18.3 Å². The molecule has 0 aromatic rings. The van der Waals surface area contributed by atoms with Crippen molar-refractivity contribution in [3.63, 3.8) is 0 Å². The van der Waals surface area contributed by atoms with E-state index in [4.69, 9.17) is 24.3 Å². The summed E-state index contributed by atoms with van der Waals surface area (Å²) in [6, 6.07) is 0. The van der Waals surface area contributed by atoms with Gasteiger partial charge in [0.15, 0.2) is 0 Å². The van der Waals surface area contributed by atoms with Gasteiger partial charge in [0.2, 0.25) is 0 Å². The first-order valence-electron chi connectivity index (χ1n) is 4.76. The predicted molar refractivity (Wildman–Crippen MR) is 55.6 cm³/mol. The molecule has 0 bridgehead atoms. The first-order valence-corrected chi connectivity index (χ1v) is 8.08. The van der Waals surface area contributed by atoms with E-state index in [0.717, 1.165) is 0 Å². The zero-order valence-electron chi connectivity index (χ0n) is 8.93. The summed E-state index contributed by atoms with van der Waals surface area (Å²) in [4.78, 5) is 34.3. The molecule has 1 aliphatic rings. The third-order valence-electron chi connectivity index (χ3n) is 2.29. The van der Waals surface area contributed by atoms with Crippen molar-refractivity contribution in [3.8, 4) is 0 Å². The highest BCUT2D eigenvalue weighted by molar-refractivity contribution is 7.51. The van der Waals surface area contributed by atoms with Crippen LogP contribution in [-0.4, -0.2) is 67.0 Å². The summed E-state index contributed by atoms with van der Waals surface area (Å²) in [5.74, 6) is 0. The Hall–Kier alpha value is 0.140. The van der Waals surface area contributed by atoms with Gasteiger partial charge in [0.05, 0.1) is 18.9 Å². The van der Waals surface area contributed by atoms with E-state index in [2.05, 4.69) is 4.52 Å². The molecule has 0 saturated carbocycles. The zero-order chi connectivity index (χ0) is 14.1. The molecule has 0 aromatic heterocycles. The van der Waals surface area contributed by atoms with E-state index < -0.39 is 52.6 Å². The molecule has 18 heavy (non-hydrogen) atoms. The Bertz CT molecular complexity index is 373. The average Bonchev–Trinajstić information content (AvgIpc) is 2.40. The van der Waals surface area contributed by atoms with Gasteiger partial charge < -0.3 is 34.5 Å². The summed E-state index contributed by atoms with van der Waals surface area (Å²) < 4.78 is 30.1. The van der Waals surface area contributed by atoms with Gasteiger partial charge in [0, 0.05) is 0 Å². The summed E-state index contributed by atoms with van der Waals surface area (Å²) >= 11 is 0. The third kappa shape index (κ3) is 5.02. The molecule has 6 N–H and O–H groups in total. The molecule has 0 radical (unpaired) electrons. The third-order valence-corrected chi connectivity index (χ3v) is 3.61. The normalized spacial score (nSPS) is 33.9. The first kappa shape index (κ1) is 16.2. The van der Waals surface area contributed by atoms with Crippen LogP contribution >= 0.6 is 15.4 Å². The topological polar surface area (TPSA) is 174 Å². The minimum atomic E-state index is -4.75. The largest absolute Gasteiger partial charge is 0.469 e. The van der Waals surface area contributed by atoms with E-state index in [1.54, 1.807) is 0 Å². The molecule has 0 spiro atoms. The summed E-state index contributed by atoms with van der Waals surface area (Å²) in [5.41, 5.74) is 0. The van der Waals surface area contributed by atoms with E-state index in [1.165, 1.54) is 0 Å². The molecule has 1 fully saturated rings. The lowest BCUT2D eigenvalue weighted by atomic mass is 10.1. The molecule has 10 nitrogen and oxygen atoms in total. The Morgan fingerprint density at radius 3 is 1.94 bits per heavy atom. The fraction of sp³-hybridized carbons (Fsp3) is 1.00. The van der Waals surface area contributed by atoms with Crippen molar-refractivity contribution in [1.29, 1.82) is 0 Å². The first-order chi connectivity index (χ1) is 7.99. The highest BCUT2D eigenvalue weighted by atomic mass is 31.2. The van der Waals surface area contributed by atoms with Gasteiger partial charge in [-0.2, -0.15) is 0 Å². The highest BCUT2D eigenvalue weighted by Crippen LogP contribution is 2.40. The van der Waals surface area contributed by atoms with Crippen LogP contribution in [0.3, 0.4) is 0 Å². The van der Waals surface area contributed by atoms with Crippen LogP contribution in [0.1, 0.15) is 0 Å². The Morgan fingerprint density at radius 2 is 1.50 bits per heavy atom. The minimum Gasteiger partial charge on any atom is -0.388 e. The van der Waals surface area contributed by atoms with Crippen molar-refractivity contribution in [2.45, 2.75) is 24.4 Å². The van der Waals surface area contributed by atoms with E-state index in [1.807, 2.05) is 0 Å². The second kappa shape index (κ2) is 5.64. The van der Waals surface area contributed by atoms with Crippen molar-refractivity contribution in [2.75, 3.05) is 12.8 Å². The number of hydrogen-bond acceptors (Lipinski definition) is 6. The van der Waals surface area contributed by atoms with Crippen molar-refractivity contribution in [1.82, 2.24) is 0 Å². The van der Waals surface area contributed by atoms with E-state index in [-0.39, 0.29) is 0 Å². The lowest BCUT2D eigenvalue weighted by Gasteiger charge is -2.15. The molecule has 1 rings (SSSR count). The molecular formula is C6H14O10P2. The molecule has 1 aliphatic heterocycles. The Kier molecular flexibility index (Phi) is 5.07. The Balaban J connectivity index is 2.59. The standard InChI is InChI=1S/C6H14O10P2/c7-5-3(1-15-18(12,13)14)16-4(6(5)8)2-17(9,10)11/h3-8H,1-2H2,(H2,9,10,11)(H2,12,13,14)/t3-,4?,5-,6+/m1/s1. The quantitative estimate of drug-likeness (QED) is 0.305. The Labute approximate surface area is 102 Å². The molecule has 108 valence electrons. The summed E-state index contributed by atoms with van der Waals surface area (Å²) in [5, 5.41) is 18.9. The smallest absolute Gasteiger partial charge is 0.388 e. The number of aliphatic hydroxyl groups is 2. The molecule has 1 unspecified atom stereocenters. The van der Waals surface area contributed by atoms with Gasteiger partial charge in [-0.3, -0.25) is 9.09 Å². The maximum atomic E-state index is 10.7. The maximum Gasteiger partial charge on any atom is 0.469 e. The molecular weight excluding hydrogens is 294 g/mol. The molecule has 0 aromatic carbocycles. The lowest BCUT2D eigenvalue weighted by molar-refractivity contribution is -0.0170. The Morgan fingerprint density at radius 1 is 1.00 bits per heavy atom. The minimum absolute atomic E-state index is 0.708. The molecule has 0 aliphatic carbocycles. The molecule has 1 saturated heterocycles.